The Morgan fingerprint density at radius 2 is 1.80 bits per heavy atom. The van der Waals surface area contributed by atoms with Crippen LogP contribution in [0, 0.1) is 5.82 Å². The molecule has 3 heterocycles. The lowest BCUT2D eigenvalue weighted by atomic mass is 9.95. The molecule has 2 atom stereocenters. The highest BCUT2D eigenvalue weighted by atomic mass is 19.1. The van der Waals surface area contributed by atoms with E-state index in [1.165, 1.54) is 12.1 Å². The van der Waals surface area contributed by atoms with Crippen LogP contribution in [-0.4, -0.2) is 41.6 Å². The number of ether oxygens (including phenoxy) is 1. The molecule has 156 valence electrons. The number of hydrogen-bond donors (Lipinski definition) is 3. The first kappa shape index (κ1) is 19.0. The van der Waals surface area contributed by atoms with Crippen molar-refractivity contribution in [3.8, 4) is 5.75 Å². The van der Waals surface area contributed by atoms with E-state index in [1.807, 2.05) is 17.0 Å². The molecular formula is C22H23FN4O3. The number of halogens is 1. The zero-order chi connectivity index (χ0) is 20.7. The third-order valence-corrected chi connectivity index (χ3v) is 6.13. The van der Waals surface area contributed by atoms with Gasteiger partial charge < -0.3 is 15.0 Å². The molecule has 2 saturated heterocycles. The molecule has 2 fully saturated rings. The molecule has 0 aromatic heterocycles. The van der Waals surface area contributed by atoms with Crippen molar-refractivity contribution in [1.82, 2.24) is 21.1 Å². The summed E-state index contributed by atoms with van der Waals surface area (Å²) >= 11 is 0. The molecule has 7 nitrogen and oxygen atoms in total. The molecule has 3 N–H and O–H groups in total. The Kier molecular flexibility index (Phi) is 4.67. The lowest BCUT2D eigenvalue weighted by Crippen LogP contribution is -2.62. The van der Waals surface area contributed by atoms with Crippen LogP contribution in [0.1, 0.15) is 41.2 Å². The molecule has 0 saturated carbocycles. The van der Waals surface area contributed by atoms with Crippen molar-refractivity contribution in [2.45, 2.75) is 37.1 Å². The molecule has 2 unspecified atom stereocenters. The number of carbonyl (C=O) groups excluding carboxylic acids is 2. The van der Waals surface area contributed by atoms with Gasteiger partial charge in [-0.05, 0) is 36.2 Å². The largest absolute Gasteiger partial charge is 0.467 e. The maximum absolute atomic E-state index is 13.1. The lowest BCUT2D eigenvalue weighted by molar-refractivity contribution is -0.137. The predicted octanol–water partition coefficient (Wildman–Crippen LogP) is 1.87. The smallest absolute Gasteiger partial charge is 0.258 e. The van der Waals surface area contributed by atoms with Gasteiger partial charge in [-0.1, -0.05) is 24.3 Å². The molecule has 0 bridgehead atoms. The van der Waals surface area contributed by atoms with Gasteiger partial charge in [0.05, 0.1) is 5.56 Å². The zero-order valence-corrected chi connectivity index (χ0v) is 16.4. The van der Waals surface area contributed by atoms with E-state index in [0.717, 1.165) is 5.56 Å². The molecule has 1 spiro atoms. The van der Waals surface area contributed by atoms with Gasteiger partial charge in [-0.15, -0.1) is 0 Å². The van der Waals surface area contributed by atoms with Crippen LogP contribution >= 0.6 is 0 Å². The number of nitrogens with zero attached hydrogens (tertiary/aromatic N) is 1. The normalized spacial score (nSPS) is 24.8. The third-order valence-electron chi connectivity index (χ3n) is 6.13. The number of likely N-dealkylation sites (tertiary alicyclic amines) is 1. The van der Waals surface area contributed by atoms with Gasteiger partial charge in [0, 0.05) is 32.0 Å². The summed E-state index contributed by atoms with van der Waals surface area (Å²) in [7, 11) is 0. The SMILES string of the molecule is O=C1NC2(CCN(C(=O)C3CC(c4ccc(F)cc4)NN3)CC2)Oc2ccccc21. The van der Waals surface area contributed by atoms with Crippen LogP contribution in [0.5, 0.6) is 5.75 Å². The van der Waals surface area contributed by atoms with Crippen LogP contribution in [-0.2, 0) is 4.79 Å². The fraction of sp³-hybridized carbons (Fsp3) is 0.364. The van der Waals surface area contributed by atoms with Crippen molar-refractivity contribution in [1.29, 1.82) is 0 Å². The first-order valence-electron chi connectivity index (χ1n) is 10.2. The van der Waals surface area contributed by atoms with Gasteiger partial charge in [0.2, 0.25) is 5.91 Å². The van der Waals surface area contributed by atoms with Gasteiger partial charge in [-0.25, -0.2) is 15.2 Å². The molecule has 3 aliphatic heterocycles. The summed E-state index contributed by atoms with van der Waals surface area (Å²) < 4.78 is 19.3. The Bertz CT molecular complexity index is 973. The number of benzene rings is 2. The van der Waals surface area contributed by atoms with Crippen molar-refractivity contribution in [2.75, 3.05) is 13.1 Å². The molecule has 3 aliphatic rings. The minimum Gasteiger partial charge on any atom is -0.467 e. The molecule has 30 heavy (non-hydrogen) atoms. The number of carbonyl (C=O) groups is 2. The number of nitrogens with one attached hydrogen (secondary N) is 3. The van der Waals surface area contributed by atoms with Gasteiger partial charge in [-0.2, -0.15) is 0 Å². The maximum atomic E-state index is 13.1. The average Bonchev–Trinajstić information content (AvgIpc) is 3.25. The summed E-state index contributed by atoms with van der Waals surface area (Å²) in [4.78, 5) is 27.3. The second kappa shape index (κ2) is 7.37. The molecule has 2 aromatic rings. The van der Waals surface area contributed by atoms with Crippen molar-refractivity contribution in [3.05, 3.63) is 65.5 Å². The number of hydrazine groups is 1. The number of piperidine rings is 1. The molecule has 5 rings (SSSR count). The van der Waals surface area contributed by atoms with Gasteiger partial charge in [0.25, 0.3) is 5.91 Å². The Morgan fingerprint density at radius 1 is 1.07 bits per heavy atom. The molecule has 0 aliphatic carbocycles. The first-order valence-corrected chi connectivity index (χ1v) is 10.2. The second-order valence-corrected chi connectivity index (χ2v) is 8.05. The average molecular weight is 410 g/mol. The Hall–Kier alpha value is -2.97. The Balaban J connectivity index is 1.21. The monoisotopic (exact) mass is 410 g/mol. The fourth-order valence-electron chi connectivity index (χ4n) is 4.42. The molecular weight excluding hydrogens is 387 g/mol. The Morgan fingerprint density at radius 3 is 2.57 bits per heavy atom. The molecule has 2 aromatic carbocycles. The molecule has 2 amide bonds. The number of para-hydroxylation sites is 1. The van der Waals surface area contributed by atoms with E-state index in [-0.39, 0.29) is 29.7 Å². The van der Waals surface area contributed by atoms with Crippen LogP contribution in [0.25, 0.3) is 0 Å². The lowest BCUT2D eigenvalue weighted by Gasteiger charge is -2.44. The number of hydrogen-bond acceptors (Lipinski definition) is 5. The summed E-state index contributed by atoms with van der Waals surface area (Å²) in [5, 5.41) is 2.99. The standard InChI is InChI=1S/C22H23FN4O3/c23-15-7-5-14(6-8-15)17-13-18(26-25-17)21(29)27-11-9-22(10-12-27)24-20(28)16-3-1-2-4-19(16)30-22/h1-8,17-18,25-26H,9-13H2,(H,24,28). The quantitative estimate of drug-likeness (QED) is 0.704. The van der Waals surface area contributed by atoms with Gasteiger partial charge >= 0.3 is 0 Å². The number of fused-ring (bicyclic) bond motifs is 1. The van der Waals surface area contributed by atoms with Crippen LogP contribution in [0.15, 0.2) is 48.5 Å². The number of amides is 2. The third kappa shape index (κ3) is 3.42. The highest BCUT2D eigenvalue weighted by molar-refractivity contribution is 5.98. The van der Waals surface area contributed by atoms with Crippen LogP contribution in [0.4, 0.5) is 4.39 Å². The minimum atomic E-state index is -0.764. The maximum Gasteiger partial charge on any atom is 0.258 e. The first-order chi connectivity index (χ1) is 14.5. The van der Waals surface area contributed by atoms with E-state index in [2.05, 4.69) is 16.2 Å². The highest BCUT2D eigenvalue weighted by Crippen LogP contribution is 2.34. The van der Waals surface area contributed by atoms with Crippen LogP contribution < -0.4 is 20.9 Å². The number of rotatable bonds is 2. The molecule has 0 radical (unpaired) electrons. The van der Waals surface area contributed by atoms with Crippen molar-refractivity contribution in [3.63, 3.8) is 0 Å². The van der Waals surface area contributed by atoms with E-state index in [9.17, 15) is 14.0 Å². The summed E-state index contributed by atoms with van der Waals surface area (Å²) in [6.45, 7) is 1.00. The van der Waals surface area contributed by atoms with Gasteiger partial charge in [-0.3, -0.25) is 9.59 Å². The predicted molar refractivity (Wildman–Crippen MR) is 107 cm³/mol. The topological polar surface area (TPSA) is 82.7 Å². The summed E-state index contributed by atoms with van der Waals surface area (Å²) in [5.41, 5.74) is 6.92. The van der Waals surface area contributed by atoms with Crippen LogP contribution in [0.3, 0.4) is 0 Å². The molecule has 8 heteroatoms. The minimum absolute atomic E-state index is 0.0181. The fourth-order valence-corrected chi connectivity index (χ4v) is 4.42. The van der Waals surface area contributed by atoms with Crippen molar-refractivity contribution in [2.24, 2.45) is 0 Å². The van der Waals surface area contributed by atoms with E-state index >= 15 is 0 Å². The van der Waals surface area contributed by atoms with Crippen molar-refractivity contribution >= 4 is 11.8 Å². The van der Waals surface area contributed by atoms with Gasteiger partial charge in [0.15, 0.2) is 5.72 Å². The summed E-state index contributed by atoms with van der Waals surface area (Å²) in [6, 6.07) is 13.1. The van der Waals surface area contributed by atoms with Crippen molar-refractivity contribution < 1.29 is 18.7 Å². The van der Waals surface area contributed by atoms with Gasteiger partial charge in [0.1, 0.15) is 17.6 Å². The van der Waals surface area contributed by atoms with E-state index in [0.29, 0.717) is 43.7 Å². The summed E-state index contributed by atoms with van der Waals surface area (Å²) in [6.07, 6.45) is 1.65. The highest BCUT2D eigenvalue weighted by Gasteiger charge is 2.44. The van der Waals surface area contributed by atoms with Crippen LogP contribution in [0.2, 0.25) is 0 Å². The Labute approximate surface area is 173 Å². The van der Waals surface area contributed by atoms with E-state index in [4.69, 9.17) is 4.74 Å². The second-order valence-electron chi connectivity index (χ2n) is 8.05. The van der Waals surface area contributed by atoms with E-state index < -0.39 is 5.72 Å². The summed E-state index contributed by atoms with van der Waals surface area (Å²) in [5.74, 6) is 0.189. The zero-order valence-electron chi connectivity index (χ0n) is 16.4. The van der Waals surface area contributed by atoms with E-state index in [1.54, 1.807) is 24.3 Å².